The number of imidazole rings is 1. The summed E-state index contributed by atoms with van der Waals surface area (Å²) in [5, 5.41) is 25.5. The van der Waals surface area contributed by atoms with Crippen LogP contribution in [0.4, 0.5) is 11.4 Å². The van der Waals surface area contributed by atoms with Crippen molar-refractivity contribution in [3.05, 3.63) is 64.2 Å². The molecule has 0 spiro atoms. The molecule has 2 aromatic carbocycles. The first-order valence-electron chi connectivity index (χ1n) is 10.7. The molecule has 1 aliphatic rings. The van der Waals surface area contributed by atoms with Gasteiger partial charge in [0.05, 0.1) is 34.3 Å². The Morgan fingerprint density at radius 1 is 1.24 bits per heavy atom. The van der Waals surface area contributed by atoms with Crippen LogP contribution in [0.25, 0.3) is 11.1 Å². The fourth-order valence-corrected chi connectivity index (χ4v) is 4.55. The van der Waals surface area contributed by atoms with Crippen molar-refractivity contribution in [3.63, 3.8) is 0 Å². The summed E-state index contributed by atoms with van der Waals surface area (Å²) >= 11 is 6.55. The molecule has 0 saturated heterocycles. The van der Waals surface area contributed by atoms with Crippen LogP contribution in [0.2, 0.25) is 5.02 Å². The topological polar surface area (TPSA) is 106 Å². The van der Waals surface area contributed by atoms with Crippen LogP contribution in [0, 0.1) is 11.3 Å². The minimum Gasteiger partial charge on any atom is -0.395 e. The molecule has 0 atom stereocenters. The van der Waals surface area contributed by atoms with Crippen molar-refractivity contribution in [2.24, 2.45) is 7.05 Å². The third-order valence-corrected chi connectivity index (χ3v) is 6.34. The van der Waals surface area contributed by atoms with Crippen LogP contribution in [0.3, 0.4) is 0 Å². The first-order chi connectivity index (χ1) is 16.0. The van der Waals surface area contributed by atoms with Gasteiger partial charge in [-0.2, -0.15) is 5.26 Å². The third kappa shape index (κ3) is 4.31. The third-order valence-electron chi connectivity index (χ3n) is 5.94. The van der Waals surface area contributed by atoms with Gasteiger partial charge >= 0.3 is 0 Å². The van der Waals surface area contributed by atoms with Gasteiger partial charge in [0.15, 0.2) is 5.82 Å². The molecule has 0 aliphatic carbocycles. The van der Waals surface area contributed by atoms with Crippen LogP contribution < -0.4 is 10.6 Å². The molecule has 0 fully saturated rings. The number of halogens is 1. The lowest BCUT2D eigenvalue weighted by Crippen LogP contribution is -2.33. The van der Waals surface area contributed by atoms with E-state index >= 15 is 0 Å². The van der Waals surface area contributed by atoms with Gasteiger partial charge in [-0.1, -0.05) is 35.9 Å². The van der Waals surface area contributed by atoms with Crippen LogP contribution in [-0.2, 0) is 20.0 Å². The van der Waals surface area contributed by atoms with E-state index in [9.17, 15) is 15.2 Å². The van der Waals surface area contributed by atoms with Crippen LogP contribution in [0.1, 0.15) is 27.6 Å². The van der Waals surface area contributed by atoms with Gasteiger partial charge in [-0.15, -0.1) is 0 Å². The van der Waals surface area contributed by atoms with Gasteiger partial charge < -0.3 is 20.3 Å². The van der Waals surface area contributed by atoms with Crippen LogP contribution in [0.15, 0.2) is 36.4 Å². The summed E-state index contributed by atoms with van der Waals surface area (Å²) in [6, 6.07) is 13.1. The van der Waals surface area contributed by atoms with Gasteiger partial charge in [0.25, 0.3) is 5.91 Å². The van der Waals surface area contributed by atoms with Crippen molar-refractivity contribution in [1.29, 1.82) is 5.26 Å². The number of nitriles is 1. The lowest BCUT2D eigenvalue weighted by atomic mass is 9.98. The van der Waals surface area contributed by atoms with E-state index in [0.29, 0.717) is 40.5 Å². The van der Waals surface area contributed by atoms with Gasteiger partial charge in [0, 0.05) is 57.0 Å². The smallest absolute Gasteiger partial charge is 0.291 e. The second-order valence-electron chi connectivity index (χ2n) is 7.85. The Hall–Kier alpha value is -3.38. The molecule has 8 nitrogen and oxygen atoms in total. The van der Waals surface area contributed by atoms with E-state index in [1.807, 2.05) is 35.9 Å². The first-order valence-corrected chi connectivity index (χ1v) is 11.0. The first kappa shape index (κ1) is 22.8. The second kappa shape index (κ2) is 9.63. The van der Waals surface area contributed by atoms with Gasteiger partial charge in [0.2, 0.25) is 0 Å². The number of nitrogens with zero attached hydrogens (tertiary/aromatic N) is 4. The molecule has 3 N–H and O–H groups in total. The average Bonchev–Trinajstić information content (AvgIpc) is 3.15. The molecule has 1 aromatic heterocycles. The van der Waals surface area contributed by atoms with Crippen molar-refractivity contribution < 1.29 is 9.90 Å². The van der Waals surface area contributed by atoms with E-state index < -0.39 is 0 Å². The second-order valence-corrected chi connectivity index (χ2v) is 8.23. The molecule has 2 heterocycles. The largest absolute Gasteiger partial charge is 0.395 e. The number of carbonyl (C=O) groups is 1. The number of fused-ring (bicyclic) bond motifs is 1. The molecule has 9 heteroatoms. The average molecular weight is 465 g/mol. The summed E-state index contributed by atoms with van der Waals surface area (Å²) in [4.78, 5) is 19.8. The van der Waals surface area contributed by atoms with Crippen molar-refractivity contribution >= 4 is 28.9 Å². The Bertz CT molecular complexity index is 1250. The number of amides is 1. The maximum absolute atomic E-state index is 13.1. The predicted molar refractivity (Wildman–Crippen MR) is 128 cm³/mol. The molecule has 0 saturated carbocycles. The zero-order valence-electron chi connectivity index (χ0n) is 18.5. The molecule has 0 bridgehead atoms. The van der Waals surface area contributed by atoms with Crippen molar-refractivity contribution in [3.8, 4) is 17.2 Å². The van der Waals surface area contributed by atoms with E-state index in [-0.39, 0.29) is 18.3 Å². The van der Waals surface area contributed by atoms with Gasteiger partial charge in [-0.05, 0) is 12.1 Å². The highest BCUT2D eigenvalue weighted by molar-refractivity contribution is 6.36. The molecule has 1 aliphatic heterocycles. The fraction of sp³-hybridized carbons (Fsp3) is 0.292. The minimum absolute atomic E-state index is 0.0873. The predicted octanol–water partition coefficient (Wildman–Crippen LogP) is 3.26. The fourth-order valence-electron chi connectivity index (χ4n) is 4.23. The number of carbonyl (C=O) groups excluding carboxylic acids is 1. The number of aliphatic hydroxyl groups is 1. The van der Waals surface area contributed by atoms with E-state index in [1.54, 1.807) is 19.2 Å². The highest BCUT2D eigenvalue weighted by Gasteiger charge is 2.26. The monoisotopic (exact) mass is 464 g/mol. The minimum atomic E-state index is -0.385. The zero-order valence-corrected chi connectivity index (χ0v) is 19.3. The van der Waals surface area contributed by atoms with Crippen molar-refractivity contribution in [2.75, 3.05) is 37.4 Å². The summed E-state index contributed by atoms with van der Waals surface area (Å²) in [6.07, 6.45) is 0.755. The number of rotatable bonds is 6. The summed E-state index contributed by atoms with van der Waals surface area (Å²) < 4.78 is 1.81. The van der Waals surface area contributed by atoms with Crippen molar-refractivity contribution in [1.82, 2.24) is 14.5 Å². The molecule has 0 radical (unpaired) electrons. The number of nitrogens with one attached hydrogen (secondary N) is 2. The molecule has 170 valence electrons. The Labute approximate surface area is 197 Å². The number of β-amino-alcohol motifs (C(OH)–C–C–N with tert-alkyl or cyclic N) is 1. The zero-order chi connectivity index (χ0) is 23.5. The van der Waals surface area contributed by atoms with Crippen LogP contribution >= 0.6 is 11.6 Å². The maximum Gasteiger partial charge on any atom is 0.291 e. The van der Waals surface area contributed by atoms with Crippen LogP contribution in [0.5, 0.6) is 0 Å². The molecule has 33 heavy (non-hydrogen) atoms. The molecule has 0 unspecified atom stereocenters. The molecule has 1 amide bonds. The number of anilines is 2. The normalized spacial score (nSPS) is 13.3. The Morgan fingerprint density at radius 3 is 2.67 bits per heavy atom. The van der Waals surface area contributed by atoms with Crippen LogP contribution in [-0.4, -0.2) is 52.2 Å². The lowest BCUT2D eigenvalue weighted by Gasteiger charge is -2.25. The number of hydrogen-bond donors (Lipinski definition) is 3. The number of hydrogen-bond acceptors (Lipinski definition) is 6. The van der Waals surface area contributed by atoms with E-state index in [1.165, 1.54) is 0 Å². The standard InChI is InChI=1S/C24H25ClN6O2/c1-27-19-8-4-6-16(22(19)25)15-5-3-7-18(17(15)13-26)29-24(33)23-28-20-14-31(11-12-32)10-9-21(20)30(23)2/h3-8,27,32H,9-12,14H2,1-2H3,(H,29,33). The Kier molecular flexibility index (Phi) is 6.65. The van der Waals surface area contributed by atoms with E-state index in [4.69, 9.17) is 11.6 Å². The molecular weight excluding hydrogens is 440 g/mol. The SMILES string of the molecule is CNc1cccc(-c2cccc(NC(=O)c3nc4c(n3C)CCN(CCO)C4)c2C#N)c1Cl. The summed E-state index contributed by atoms with van der Waals surface area (Å²) in [5.74, 6) is -0.0975. The lowest BCUT2D eigenvalue weighted by molar-refractivity contribution is 0.101. The van der Waals surface area contributed by atoms with Gasteiger partial charge in [-0.3, -0.25) is 9.69 Å². The van der Waals surface area contributed by atoms with E-state index in [2.05, 4.69) is 26.6 Å². The highest BCUT2D eigenvalue weighted by atomic mass is 35.5. The summed E-state index contributed by atoms with van der Waals surface area (Å²) in [6.45, 7) is 2.06. The highest BCUT2D eigenvalue weighted by Crippen LogP contribution is 2.37. The Morgan fingerprint density at radius 2 is 1.97 bits per heavy atom. The molecular formula is C24H25ClN6O2. The summed E-state index contributed by atoms with van der Waals surface area (Å²) in [7, 11) is 3.61. The number of aromatic nitrogens is 2. The van der Waals surface area contributed by atoms with Gasteiger partial charge in [0.1, 0.15) is 6.07 Å². The molecule has 4 rings (SSSR count). The van der Waals surface area contributed by atoms with Crippen molar-refractivity contribution in [2.45, 2.75) is 13.0 Å². The van der Waals surface area contributed by atoms with E-state index in [0.717, 1.165) is 30.0 Å². The van der Waals surface area contributed by atoms with Gasteiger partial charge in [-0.25, -0.2) is 4.98 Å². The summed E-state index contributed by atoms with van der Waals surface area (Å²) in [5.41, 5.74) is 4.67. The molecule has 3 aromatic rings. The Balaban J connectivity index is 1.66. The number of aliphatic hydroxyl groups excluding tert-OH is 1. The number of benzene rings is 2. The maximum atomic E-state index is 13.1. The quantitative estimate of drug-likeness (QED) is 0.517.